The van der Waals surface area contributed by atoms with Gasteiger partial charge in [-0.2, -0.15) is 5.26 Å². The molecular weight excluding hydrogens is 282 g/mol. The molecule has 2 aromatic rings. The van der Waals surface area contributed by atoms with Crippen molar-refractivity contribution in [1.82, 2.24) is 4.98 Å². The van der Waals surface area contributed by atoms with Crippen molar-refractivity contribution in [3.63, 3.8) is 0 Å². The topological polar surface area (TPSA) is 65.8 Å². The standard InChI is InChI=1S/C12H8BrN3O/c13-12-8-2-1-7-15-9(8)3-4-10(12)16-11(17)5-6-14/h1-4,7H,5H2,(H,16,17). The molecule has 0 bridgehead atoms. The molecule has 2 rings (SSSR count). The molecule has 0 aliphatic rings. The number of nitriles is 1. The molecule has 0 fully saturated rings. The Hall–Kier alpha value is -1.93. The quantitative estimate of drug-likeness (QED) is 0.924. The molecule has 0 aliphatic heterocycles. The summed E-state index contributed by atoms with van der Waals surface area (Å²) in [6.45, 7) is 0. The van der Waals surface area contributed by atoms with E-state index in [9.17, 15) is 4.79 Å². The summed E-state index contributed by atoms with van der Waals surface area (Å²) in [5, 5.41) is 12.0. The van der Waals surface area contributed by atoms with Crippen molar-refractivity contribution in [2.24, 2.45) is 0 Å². The van der Waals surface area contributed by atoms with Gasteiger partial charge in [-0.1, -0.05) is 6.07 Å². The summed E-state index contributed by atoms with van der Waals surface area (Å²) in [5.74, 6) is -0.323. The monoisotopic (exact) mass is 289 g/mol. The first-order valence-electron chi connectivity index (χ1n) is 4.92. The Morgan fingerprint density at radius 1 is 1.47 bits per heavy atom. The zero-order valence-corrected chi connectivity index (χ0v) is 10.4. The van der Waals surface area contributed by atoms with Crippen molar-refractivity contribution in [1.29, 1.82) is 5.26 Å². The Morgan fingerprint density at radius 3 is 3.06 bits per heavy atom. The van der Waals surface area contributed by atoms with Gasteiger partial charge in [0.1, 0.15) is 6.42 Å². The Balaban J connectivity index is 2.40. The van der Waals surface area contributed by atoms with Gasteiger partial charge >= 0.3 is 0 Å². The third-order valence-electron chi connectivity index (χ3n) is 2.23. The second-order valence-corrected chi connectivity index (χ2v) is 4.17. The van der Waals surface area contributed by atoms with Crippen LogP contribution in [-0.2, 0) is 4.79 Å². The number of nitrogens with one attached hydrogen (secondary N) is 1. The molecule has 4 nitrogen and oxygen atoms in total. The first kappa shape index (κ1) is 11.6. The highest BCUT2D eigenvalue weighted by atomic mass is 79.9. The Kier molecular flexibility index (Phi) is 3.35. The number of nitrogens with zero attached hydrogens (tertiary/aromatic N) is 2. The van der Waals surface area contributed by atoms with Gasteiger partial charge in [0.05, 0.1) is 21.7 Å². The number of carbonyl (C=O) groups excluding carboxylic acids is 1. The summed E-state index contributed by atoms with van der Waals surface area (Å²) < 4.78 is 0.773. The van der Waals surface area contributed by atoms with E-state index in [1.165, 1.54) is 0 Å². The largest absolute Gasteiger partial charge is 0.324 e. The maximum Gasteiger partial charge on any atom is 0.238 e. The molecule has 0 saturated heterocycles. The van der Waals surface area contributed by atoms with Crippen LogP contribution in [0.2, 0.25) is 0 Å². The number of hydrogen-bond donors (Lipinski definition) is 1. The molecule has 17 heavy (non-hydrogen) atoms. The van der Waals surface area contributed by atoms with E-state index in [1.807, 2.05) is 18.2 Å². The zero-order chi connectivity index (χ0) is 12.3. The van der Waals surface area contributed by atoms with E-state index in [1.54, 1.807) is 18.3 Å². The SMILES string of the molecule is N#CCC(=O)Nc1ccc2ncccc2c1Br. The summed E-state index contributed by atoms with van der Waals surface area (Å²) in [7, 11) is 0. The lowest BCUT2D eigenvalue weighted by Crippen LogP contribution is -2.10. The number of rotatable bonds is 2. The van der Waals surface area contributed by atoms with E-state index in [0.29, 0.717) is 5.69 Å². The summed E-state index contributed by atoms with van der Waals surface area (Å²) >= 11 is 3.42. The van der Waals surface area contributed by atoms with Crippen molar-refractivity contribution >= 4 is 38.4 Å². The zero-order valence-electron chi connectivity index (χ0n) is 8.77. The summed E-state index contributed by atoms with van der Waals surface area (Å²) in [5.41, 5.74) is 1.49. The van der Waals surface area contributed by atoms with Crippen LogP contribution in [0.3, 0.4) is 0 Å². The van der Waals surface area contributed by atoms with Crippen molar-refractivity contribution < 1.29 is 4.79 Å². The second kappa shape index (κ2) is 4.93. The molecule has 84 valence electrons. The molecule has 0 spiro atoms. The number of anilines is 1. The fourth-order valence-electron chi connectivity index (χ4n) is 1.48. The summed E-state index contributed by atoms with van der Waals surface area (Å²) in [6, 6.07) is 9.12. The van der Waals surface area contributed by atoms with E-state index in [2.05, 4.69) is 26.2 Å². The van der Waals surface area contributed by atoms with E-state index in [-0.39, 0.29) is 12.3 Å². The lowest BCUT2D eigenvalue weighted by molar-refractivity contribution is -0.115. The maximum atomic E-state index is 11.3. The molecule has 0 aliphatic carbocycles. The van der Waals surface area contributed by atoms with E-state index in [0.717, 1.165) is 15.4 Å². The predicted molar refractivity (Wildman–Crippen MR) is 68.3 cm³/mol. The van der Waals surface area contributed by atoms with Gasteiger partial charge < -0.3 is 5.32 Å². The van der Waals surface area contributed by atoms with E-state index in [4.69, 9.17) is 5.26 Å². The van der Waals surface area contributed by atoms with Gasteiger partial charge in [0, 0.05) is 11.6 Å². The Morgan fingerprint density at radius 2 is 2.29 bits per heavy atom. The first-order chi connectivity index (χ1) is 8.22. The van der Waals surface area contributed by atoms with Gasteiger partial charge in [0.2, 0.25) is 5.91 Å². The second-order valence-electron chi connectivity index (χ2n) is 3.38. The molecule has 0 unspecified atom stereocenters. The number of amides is 1. The number of halogens is 1. The highest BCUT2D eigenvalue weighted by Gasteiger charge is 2.08. The van der Waals surface area contributed by atoms with Gasteiger partial charge in [-0.3, -0.25) is 9.78 Å². The third kappa shape index (κ3) is 2.43. The average Bonchev–Trinajstić information content (AvgIpc) is 2.33. The van der Waals surface area contributed by atoms with Crippen LogP contribution in [0, 0.1) is 11.3 Å². The van der Waals surface area contributed by atoms with Gasteiger partial charge in [0.15, 0.2) is 0 Å². The average molecular weight is 290 g/mol. The molecule has 1 amide bonds. The molecule has 1 N–H and O–H groups in total. The highest BCUT2D eigenvalue weighted by Crippen LogP contribution is 2.30. The van der Waals surface area contributed by atoms with E-state index >= 15 is 0 Å². The van der Waals surface area contributed by atoms with Crippen LogP contribution in [0.25, 0.3) is 10.9 Å². The first-order valence-corrected chi connectivity index (χ1v) is 5.71. The fraction of sp³-hybridized carbons (Fsp3) is 0.0833. The van der Waals surface area contributed by atoms with Crippen LogP contribution >= 0.6 is 15.9 Å². The minimum absolute atomic E-state index is 0.155. The summed E-state index contributed by atoms with van der Waals surface area (Å²) in [4.78, 5) is 15.5. The Labute approximate surface area is 106 Å². The molecule has 5 heteroatoms. The molecule has 1 aromatic carbocycles. The number of carbonyl (C=O) groups is 1. The predicted octanol–water partition coefficient (Wildman–Crippen LogP) is 2.85. The Bertz CT molecular complexity index is 619. The fourth-order valence-corrected chi connectivity index (χ4v) is 2.05. The highest BCUT2D eigenvalue weighted by molar-refractivity contribution is 9.10. The van der Waals surface area contributed by atoms with Crippen molar-refractivity contribution in [3.05, 3.63) is 34.9 Å². The normalized spacial score (nSPS) is 9.88. The van der Waals surface area contributed by atoms with Crippen LogP contribution in [0.5, 0.6) is 0 Å². The molecule has 0 atom stereocenters. The van der Waals surface area contributed by atoms with Crippen molar-refractivity contribution in [3.8, 4) is 6.07 Å². The van der Waals surface area contributed by atoms with Crippen LogP contribution in [0.4, 0.5) is 5.69 Å². The number of hydrogen-bond acceptors (Lipinski definition) is 3. The lowest BCUT2D eigenvalue weighted by atomic mass is 10.2. The number of pyridine rings is 1. The molecule has 0 radical (unpaired) electrons. The molecular formula is C12H8BrN3O. The van der Waals surface area contributed by atoms with Gasteiger partial charge in [0.25, 0.3) is 0 Å². The van der Waals surface area contributed by atoms with E-state index < -0.39 is 0 Å². The van der Waals surface area contributed by atoms with Crippen LogP contribution < -0.4 is 5.32 Å². The van der Waals surface area contributed by atoms with Gasteiger partial charge in [-0.05, 0) is 34.1 Å². The lowest BCUT2D eigenvalue weighted by Gasteiger charge is -2.07. The van der Waals surface area contributed by atoms with Crippen LogP contribution in [-0.4, -0.2) is 10.9 Å². The van der Waals surface area contributed by atoms with Crippen molar-refractivity contribution in [2.45, 2.75) is 6.42 Å². The maximum absolute atomic E-state index is 11.3. The number of benzene rings is 1. The van der Waals surface area contributed by atoms with Gasteiger partial charge in [-0.15, -0.1) is 0 Å². The van der Waals surface area contributed by atoms with Crippen molar-refractivity contribution in [2.75, 3.05) is 5.32 Å². The molecule has 0 saturated carbocycles. The van der Waals surface area contributed by atoms with Crippen LogP contribution in [0.15, 0.2) is 34.9 Å². The third-order valence-corrected chi connectivity index (χ3v) is 3.09. The summed E-state index contributed by atoms with van der Waals surface area (Å²) in [6.07, 6.45) is 1.56. The van der Waals surface area contributed by atoms with Crippen LogP contribution in [0.1, 0.15) is 6.42 Å². The minimum Gasteiger partial charge on any atom is -0.324 e. The number of fused-ring (bicyclic) bond motifs is 1. The number of aromatic nitrogens is 1. The molecule has 1 aromatic heterocycles. The smallest absolute Gasteiger partial charge is 0.238 e. The minimum atomic E-state index is -0.323. The van der Waals surface area contributed by atoms with Gasteiger partial charge in [-0.25, -0.2) is 0 Å². The molecule has 1 heterocycles.